The third-order valence-corrected chi connectivity index (χ3v) is 2.82. The van der Waals surface area contributed by atoms with Crippen LogP contribution in [-0.4, -0.2) is 17.1 Å². The summed E-state index contributed by atoms with van der Waals surface area (Å²) in [6, 6.07) is 7.96. The van der Waals surface area contributed by atoms with Gasteiger partial charge in [0.25, 0.3) is 0 Å². The van der Waals surface area contributed by atoms with Gasteiger partial charge in [0.1, 0.15) is 11.8 Å². The summed E-state index contributed by atoms with van der Waals surface area (Å²) in [4.78, 5) is 14.7. The van der Waals surface area contributed by atoms with Crippen molar-refractivity contribution in [3.8, 4) is 0 Å². The Morgan fingerprint density at radius 2 is 2.20 bits per heavy atom. The quantitative estimate of drug-likeness (QED) is 0.664. The van der Waals surface area contributed by atoms with Crippen LogP contribution in [0.5, 0.6) is 0 Å². The van der Waals surface area contributed by atoms with Gasteiger partial charge in [-0.3, -0.25) is 0 Å². The number of hydrogen-bond donors (Lipinski definition) is 1. The van der Waals surface area contributed by atoms with E-state index in [0.717, 1.165) is 22.9 Å². The van der Waals surface area contributed by atoms with Crippen LogP contribution in [0.2, 0.25) is 0 Å². The minimum Gasteiger partial charge on any atom is -0.458 e. The van der Waals surface area contributed by atoms with Gasteiger partial charge >= 0.3 is 5.97 Å². The molecule has 0 radical (unpaired) electrons. The molecule has 0 fully saturated rings. The van der Waals surface area contributed by atoms with Crippen LogP contribution >= 0.6 is 0 Å². The fourth-order valence-corrected chi connectivity index (χ4v) is 2.16. The molecule has 15 heavy (non-hydrogen) atoms. The van der Waals surface area contributed by atoms with Crippen LogP contribution in [0.1, 0.15) is 23.0 Å². The zero-order valence-electron chi connectivity index (χ0n) is 8.41. The van der Waals surface area contributed by atoms with Crippen molar-refractivity contribution in [1.82, 2.24) is 4.98 Å². The molecular weight excluding hydrogens is 190 g/mol. The van der Waals surface area contributed by atoms with Crippen molar-refractivity contribution in [2.75, 3.05) is 0 Å². The average Bonchev–Trinajstić information content (AvgIpc) is 2.57. The van der Waals surface area contributed by atoms with Crippen LogP contribution in [-0.2, 0) is 11.2 Å². The van der Waals surface area contributed by atoms with E-state index in [1.165, 1.54) is 0 Å². The maximum atomic E-state index is 11.6. The first-order valence-electron chi connectivity index (χ1n) is 5.06. The molecule has 0 amide bonds. The van der Waals surface area contributed by atoms with Crippen LogP contribution in [0, 0.1) is 0 Å². The summed E-state index contributed by atoms with van der Waals surface area (Å²) in [5.41, 5.74) is 2.72. The predicted octanol–water partition coefficient (Wildman–Crippen LogP) is 2.27. The summed E-state index contributed by atoms with van der Waals surface area (Å²) in [6.45, 7) is 1.92. The smallest absolute Gasteiger partial charge is 0.355 e. The molecule has 0 saturated heterocycles. The fraction of sp³-hybridized carbons (Fsp3) is 0.250. The van der Waals surface area contributed by atoms with Gasteiger partial charge in [-0.25, -0.2) is 4.79 Å². The van der Waals surface area contributed by atoms with Crippen LogP contribution in [0.15, 0.2) is 24.3 Å². The molecule has 0 bridgehead atoms. The number of benzene rings is 1. The molecule has 0 aliphatic carbocycles. The number of hydrogen-bond acceptors (Lipinski definition) is 2. The number of aromatic amines is 1. The number of ether oxygens (including phenoxy) is 1. The van der Waals surface area contributed by atoms with E-state index < -0.39 is 0 Å². The summed E-state index contributed by atoms with van der Waals surface area (Å²) in [5.74, 6) is -0.236. The lowest BCUT2D eigenvalue weighted by atomic mass is 10.0. The van der Waals surface area contributed by atoms with Gasteiger partial charge in [0.2, 0.25) is 0 Å². The molecule has 3 rings (SSSR count). The first-order chi connectivity index (χ1) is 7.25. The molecular formula is C12H11NO2. The topological polar surface area (TPSA) is 42.1 Å². The number of carbonyl (C=O) groups is 1. The van der Waals surface area contributed by atoms with E-state index in [1.54, 1.807) is 0 Å². The summed E-state index contributed by atoms with van der Waals surface area (Å²) >= 11 is 0. The Kier molecular flexibility index (Phi) is 1.63. The van der Waals surface area contributed by atoms with Gasteiger partial charge in [-0.15, -0.1) is 0 Å². The molecule has 2 aromatic rings. The monoisotopic (exact) mass is 201 g/mol. The van der Waals surface area contributed by atoms with E-state index in [0.29, 0.717) is 5.69 Å². The maximum absolute atomic E-state index is 11.6. The van der Waals surface area contributed by atoms with Crippen LogP contribution in [0.3, 0.4) is 0 Å². The Labute approximate surface area is 87.1 Å². The highest BCUT2D eigenvalue weighted by atomic mass is 16.5. The second-order valence-electron chi connectivity index (χ2n) is 3.94. The molecule has 2 heterocycles. The summed E-state index contributed by atoms with van der Waals surface area (Å²) in [7, 11) is 0. The van der Waals surface area contributed by atoms with Crippen molar-refractivity contribution in [3.63, 3.8) is 0 Å². The summed E-state index contributed by atoms with van der Waals surface area (Å²) in [5, 5.41) is 1.14. The normalized spacial score (nSPS) is 20.1. The predicted molar refractivity (Wildman–Crippen MR) is 56.9 cm³/mol. The fourth-order valence-electron chi connectivity index (χ4n) is 2.16. The lowest BCUT2D eigenvalue weighted by molar-refractivity contribution is 0.0296. The molecule has 3 nitrogen and oxygen atoms in total. The van der Waals surface area contributed by atoms with Crippen molar-refractivity contribution in [3.05, 3.63) is 35.5 Å². The molecule has 1 N–H and O–H groups in total. The zero-order chi connectivity index (χ0) is 10.4. The SMILES string of the molecule is CC1Cc2c([nH]c3ccccc23)C(=O)O1. The Morgan fingerprint density at radius 3 is 3.07 bits per heavy atom. The number of carbonyl (C=O) groups excluding carboxylic acids is 1. The number of para-hydroxylation sites is 1. The van der Waals surface area contributed by atoms with E-state index in [4.69, 9.17) is 4.74 Å². The molecule has 0 spiro atoms. The van der Waals surface area contributed by atoms with Crippen LogP contribution in [0.4, 0.5) is 0 Å². The minimum absolute atomic E-state index is 0.0239. The van der Waals surface area contributed by atoms with Crippen LogP contribution < -0.4 is 0 Å². The highest BCUT2D eigenvalue weighted by Gasteiger charge is 2.26. The Hall–Kier alpha value is -1.77. The van der Waals surface area contributed by atoms with E-state index in [1.807, 2.05) is 31.2 Å². The van der Waals surface area contributed by atoms with Crippen molar-refractivity contribution in [2.45, 2.75) is 19.4 Å². The lowest BCUT2D eigenvalue weighted by Crippen LogP contribution is -2.24. The van der Waals surface area contributed by atoms with E-state index in [9.17, 15) is 4.79 Å². The lowest BCUT2D eigenvalue weighted by Gasteiger charge is -2.18. The highest BCUT2D eigenvalue weighted by molar-refractivity contribution is 5.99. The summed E-state index contributed by atoms with van der Waals surface area (Å²) < 4.78 is 5.17. The summed E-state index contributed by atoms with van der Waals surface area (Å²) in [6.07, 6.45) is 0.773. The van der Waals surface area contributed by atoms with Gasteiger partial charge < -0.3 is 9.72 Å². The Balaban J connectivity index is 2.32. The molecule has 1 aliphatic heterocycles. The van der Waals surface area contributed by atoms with E-state index in [2.05, 4.69) is 4.98 Å². The van der Waals surface area contributed by atoms with Crippen molar-refractivity contribution < 1.29 is 9.53 Å². The molecule has 1 aromatic heterocycles. The van der Waals surface area contributed by atoms with Gasteiger partial charge in [-0.1, -0.05) is 18.2 Å². The number of H-pyrrole nitrogens is 1. The largest absolute Gasteiger partial charge is 0.458 e. The standard InChI is InChI=1S/C12H11NO2/c1-7-6-9-8-4-2-3-5-10(8)13-11(9)12(14)15-7/h2-5,7,13H,6H2,1H3. The number of fused-ring (bicyclic) bond motifs is 3. The first kappa shape index (κ1) is 8.53. The second-order valence-corrected chi connectivity index (χ2v) is 3.94. The van der Waals surface area contributed by atoms with Gasteiger partial charge in [0.15, 0.2) is 0 Å². The third kappa shape index (κ3) is 1.16. The first-order valence-corrected chi connectivity index (χ1v) is 5.06. The Bertz CT molecular complexity index is 542. The second kappa shape index (κ2) is 2.86. The highest BCUT2D eigenvalue weighted by Crippen LogP contribution is 2.28. The third-order valence-electron chi connectivity index (χ3n) is 2.82. The number of esters is 1. The molecule has 1 aliphatic rings. The molecule has 0 saturated carbocycles. The molecule has 76 valence electrons. The average molecular weight is 201 g/mol. The van der Waals surface area contributed by atoms with Gasteiger partial charge in [-0.2, -0.15) is 0 Å². The van der Waals surface area contributed by atoms with Crippen molar-refractivity contribution in [1.29, 1.82) is 0 Å². The van der Waals surface area contributed by atoms with E-state index in [-0.39, 0.29) is 12.1 Å². The molecule has 1 atom stereocenters. The molecule has 1 aromatic carbocycles. The van der Waals surface area contributed by atoms with E-state index >= 15 is 0 Å². The maximum Gasteiger partial charge on any atom is 0.355 e. The minimum atomic E-state index is -0.236. The van der Waals surface area contributed by atoms with Gasteiger partial charge in [0.05, 0.1) is 0 Å². The molecule has 3 heteroatoms. The Morgan fingerprint density at radius 1 is 1.40 bits per heavy atom. The number of rotatable bonds is 0. The van der Waals surface area contributed by atoms with Gasteiger partial charge in [-0.05, 0) is 18.6 Å². The number of cyclic esters (lactones) is 1. The van der Waals surface area contributed by atoms with Crippen molar-refractivity contribution in [2.24, 2.45) is 0 Å². The van der Waals surface area contributed by atoms with Crippen molar-refractivity contribution >= 4 is 16.9 Å². The number of aromatic nitrogens is 1. The molecule has 1 unspecified atom stereocenters. The van der Waals surface area contributed by atoms with Crippen LogP contribution in [0.25, 0.3) is 10.9 Å². The number of nitrogens with one attached hydrogen (secondary N) is 1. The zero-order valence-corrected chi connectivity index (χ0v) is 8.41. The van der Waals surface area contributed by atoms with Gasteiger partial charge in [0, 0.05) is 17.3 Å².